The van der Waals surface area contributed by atoms with Crippen molar-refractivity contribution in [2.75, 3.05) is 18.1 Å². The standard InChI is InChI=1S/C19H26N2/c1-3-16(17-9-11-18(20)12-10-17)6-4-5-15-7-13-19(21-2)14-8-15/h7-14,16,21H,3-6,20H2,1-2H3. The highest BCUT2D eigenvalue weighted by molar-refractivity contribution is 5.44. The molecule has 21 heavy (non-hydrogen) atoms. The molecule has 2 heteroatoms. The Kier molecular flexibility index (Phi) is 5.68. The van der Waals surface area contributed by atoms with E-state index in [4.69, 9.17) is 5.73 Å². The fraction of sp³-hybridized carbons (Fsp3) is 0.368. The van der Waals surface area contributed by atoms with Gasteiger partial charge in [0.15, 0.2) is 0 Å². The zero-order valence-corrected chi connectivity index (χ0v) is 13.1. The summed E-state index contributed by atoms with van der Waals surface area (Å²) in [6, 6.07) is 17.1. The van der Waals surface area contributed by atoms with Gasteiger partial charge >= 0.3 is 0 Å². The second-order valence-corrected chi connectivity index (χ2v) is 5.61. The van der Waals surface area contributed by atoms with Crippen LogP contribution in [0, 0.1) is 0 Å². The van der Waals surface area contributed by atoms with Crippen LogP contribution in [0.4, 0.5) is 11.4 Å². The van der Waals surface area contributed by atoms with Gasteiger partial charge < -0.3 is 11.1 Å². The maximum Gasteiger partial charge on any atom is 0.0337 e. The Hall–Kier alpha value is -1.96. The number of nitrogens with one attached hydrogen (secondary N) is 1. The number of hydrogen-bond acceptors (Lipinski definition) is 2. The zero-order valence-electron chi connectivity index (χ0n) is 13.1. The molecule has 1 unspecified atom stereocenters. The first kappa shape index (κ1) is 15.4. The lowest BCUT2D eigenvalue weighted by Crippen LogP contribution is -1.99. The molecular formula is C19H26N2. The number of rotatable bonds is 7. The number of benzene rings is 2. The molecule has 0 amide bonds. The molecule has 3 N–H and O–H groups in total. The predicted molar refractivity (Wildman–Crippen MR) is 92.8 cm³/mol. The highest BCUT2D eigenvalue weighted by Crippen LogP contribution is 2.26. The van der Waals surface area contributed by atoms with E-state index in [1.54, 1.807) is 0 Å². The molecule has 0 aliphatic heterocycles. The summed E-state index contributed by atoms with van der Waals surface area (Å²) in [5, 5.41) is 3.15. The first-order valence-corrected chi connectivity index (χ1v) is 7.85. The van der Waals surface area contributed by atoms with E-state index < -0.39 is 0 Å². The van der Waals surface area contributed by atoms with Gasteiger partial charge in [0, 0.05) is 18.4 Å². The van der Waals surface area contributed by atoms with Crippen LogP contribution in [0.2, 0.25) is 0 Å². The number of hydrogen-bond donors (Lipinski definition) is 2. The van der Waals surface area contributed by atoms with Crippen LogP contribution in [-0.4, -0.2) is 7.05 Å². The minimum Gasteiger partial charge on any atom is -0.399 e. The zero-order chi connectivity index (χ0) is 15.1. The summed E-state index contributed by atoms with van der Waals surface area (Å²) >= 11 is 0. The van der Waals surface area contributed by atoms with Gasteiger partial charge in [-0.25, -0.2) is 0 Å². The molecule has 2 aromatic carbocycles. The highest BCUT2D eigenvalue weighted by atomic mass is 14.8. The molecule has 0 aliphatic rings. The minimum absolute atomic E-state index is 0.641. The second-order valence-electron chi connectivity index (χ2n) is 5.61. The molecule has 2 aromatic rings. The van der Waals surface area contributed by atoms with Crippen molar-refractivity contribution in [3.63, 3.8) is 0 Å². The van der Waals surface area contributed by atoms with Gasteiger partial charge in [-0.2, -0.15) is 0 Å². The van der Waals surface area contributed by atoms with E-state index in [1.165, 1.54) is 36.1 Å². The lowest BCUT2D eigenvalue weighted by molar-refractivity contribution is 0.576. The van der Waals surface area contributed by atoms with Crippen molar-refractivity contribution in [3.05, 3.63) is 59.7 Å². The van der Waals surface area contributed by atoms with E-state index in [-0.39, 0.29) is 0 Å². The van der Waals surface area contributed by atoms with Gasteiger partial charge in [0.25, 0.3) is 0 Å². The Bertz CT molecular complexity index is 528. The van der Waals surface area contributed by atoms with E-state index in [0.717, 1.165) is 12.1 Å². The Morgan fingerprint density at radius 1 is 1.00 bits per heavy atom. The highest BCUT2D eigenvalue weighted by Gasteiger charge is 2.09. The fourth-order valence-corrected chi connectivity index (χ4v) is 2.77. The maximum absolute atomic E-state index is 5.76. The van der Waals surface area contributed by atoms with Crippen LogP contribution in [0.5, 0.6) is 0 Å². The van der Waals surface area contributed by atoms with Gasteiger partial charge in [0.1, 0.15) is 0 Å². The molecule has 112 valence electrons. The average molecular weight is 282 g/mol. The molecule has 0 saturated heterocycles. The molecule has 1 atom stereocenters. The molecule has 0 fully saturated rings. The van der Waals surface area contributed by atoms with Gasteiger partial charge in [0.05, 0.1) is 0 Å². The van der Waals surface area contributed by atoms with Gasteiger partial charge in [-0.15, -0.1) is 0 Å². The van der Waals surface area contributed by atoms with Gasteiger partial charge in [-0.3, -0.25) is 0 Å². The lowest BCUT2D eigenvalue weighted by Gasteiger charge is -2.15. The van der Waals surface area contributed by atoms with E-state index in [2.05, 4.69) is 48.6 Å². The molecular weight excluding hydrogens is 256 g/mol. The van der Waals surface area contributed by atoms with Crippen LogP contribution >= 0.6 is 0 Å². The third kappa shape index (κ3) is 4.52. The van der Waals surface area contributed by atoms with Crippen LogP contribution in [0.1, 0.15) is 43.2 Å². The smallest absolute Gasteiger partial charge is 0.0337 e. The molecule has 0 bridgehead atoms. The third-order valence-electron chi connectivity index (χ3n) is 4.16. The van der Waals surface area contributed by atoms with Crippen LogP contribution in [0.25, 0.3) is 0 Å². The van der Waals surface area contributed by atoms with E-state index in [9.17, 15) is 0 Å². The van der Waals surface area contributed by atoms with Crippen molar-refractivity contribution >= 4 is 11.4 Å². The molecule has 0 aliphatic carbocycles. The van der Waals surface area contributed by atoms with E-state index in [1.807, 2.05) is 19.2 Å². The topological polar surface area (TPSA) is 38.0 Å². The van der Waals surface area contributed by atoms with Crippen molar-refractivity contribution in [2.24, 2.45) is 0 Å². The average Bonchev–Trinajstić information content (AvgIpc) is 2.53. The Labute approximate surface area is 128 Å². The lowest BCUT2D eigenvalue weighted by atomic mass is 9.90. The number of anilines is 2. The second kappa shape index (κ2) is 7.72. The summed E-state index contributed by atoms with van der Waals surface area (Å²) in [6.07, 6.45) is 4.79. The van der Waals surface area contributed by atoms with Crippen molar-refractivity contribution in [2.45, 2.75) is 38.5 Å². The quantitative estimate of drug-likeness (QED) is 0.714. The summed E-state index contributed by atoms with van der Waals surface area (Å²) < 4.78 is 0. The SMILES string of the molecule is CCC(CCCc1ccc(NC)cc1)c1ccc(N)cc1. The molecule has 0 radical (unpaired) electrons. The van der Waals surface area contributed by atoms with Gasteiger partial charge in [-0.05, 0) is 67.0 Å². The summed E-state index contributed by atoms with van der Waals surface area (Å²) in [5.74, 6) is 0.641. The van der Waals surface area contributed by atoms with Crippen LogP contribution < -0.4 is 11.1 Å². The van der Waals surface area contributed by atoms with Crippen LogP contribution in [0.15, 0.2) is 48.5 Å². The van der Waals surface area contributed by atoms with Crippen molar-refractivity contribution < 1.29 is 0 Å². The van der Waals surface area contributed by atoms with Crippen LogP contribution in [-0.2, 0) is 6.42 Å². The molecule has 0 spiro atoms. The van der Waals surface area contributed by atoms with Gasteiger partial charge in [0.2, 0.25) is 0 Å². The van der Waals surface area contributed by atoms with Crippen molar-refractivity contribution in [1.29, 1.82) is 0 Å². The monoisotopic (exact) mass is 282 g/mol. The molecule has 2 nitrogen and oxygen atoms in total. The maximum atomic E-state index is 5.76. The molecule has 0 heterocycles. The van der Waals surface area contributed by atoms with Crippen LogP contribution in [0.3, 0.4) is 0 Å². The van der Waals surface area contributed by atoms with E-state index in [0.29, 0.717) is 5.92 Å². The number of aryl methyl sites for hydroxylation is 1. The van der Waals surface area contributed by atoms with E-state index >= 15 is 0 Å². The first-order chi connectivity index (χ1) is 10.2. The minimum atomic E-state index is 0.641. The summed E-state index contributed by atoms with van der Waals surface area (Å²) in [6.45, 7) is 2.27. The molecule has 0 aromatic heterocycles. The number of nitrogen functional groups attached to an aromatic ring is 1. The van der Waals surface area contributed by atoms with Crippen molar-refractivity contribution in [3.8, 4) is 0 Å². The third-order valence-corrected chi connectivity index (χ3v) is 4.16. The predicted octanol–water partition coefficient (Wildman–Crippen LogP) is 4.83. The number of nitrogens with two attached hydrogens (primary N) is 1. The largest absolute Gasteiger partial charge is 0.399 e. The van der Waals surface area contributed by atoms with Crippen molar-refractivity contribution in [1.82, 2.24) is 0 Å². The first-order valence-electron chi connectivity index (χ1n) is 7.85. The van der Waals surface area contributed by atoms with Gasteiger partial charge in [-0.1, -0.05) is 31.2 Å². The molecule has 0 saturated carbocycles. The summed E-state index contributed by atoms with van der Waals surface area (Å²) in [7, 11) is 1.95. The molecule has 2 rings (SSSR count). The Morgan fingerprint density at radius 3 is 2.24 bits per heavy atom. The Morgan fingerprint density at radius 2 is 1.67 bits per heavy atom. The summed E-state index contributed by atoms with van der Waals surface area (Å²) in [4.78, 5) is 0. The summed E-state index contributed by atoms with van der Waals surface area (Å²) in [5.41, 5.74) is 10.6. The fourth-order valence-electron chi connectivity index (χ4n) is 2.77. The Balaban J connectivity index is 1.86. The normalized spacial score (nSPS) is 12.1.